The van der Waals surface area contributed by atoms with Gasteiger partial charge in [0.25, 0.3) is 0 Å². The van der Waals surface area contributed by atoms with Crippen LogP contribution >= 0.6 is 13.5 Å². The summed E-state index contributed by atoms with van der Waals surface area (Å²) >= 11 is 0. The molecule has 0 saturated carbocycles. The van der Waals surface area contributed by atoms with Gasteiger partial charge in [-0.1, -0.05) is 0 Å². The van der Waals surface area contributed by atoms with Crippen LogP contribution in [-0.2, 0) is 13.5 Å². The molecule has 0 aromatic carbocycles. The standard InChI is InChI=1S/2Na.2H2S.H/h;;2*1H2;/q2*+1;;;-1/p-1. The molecular formula is H4Na2S2. The summed E-state index contributed by atoms with van der Waals surface area (Å²) in [6.45, 7) is 0. The molecule has 4 heavy (non-hydrogen) atoms. The van der Waals surface area contributed by atoms with Crippen LogP contribution in [0.25, 0.3) is 0 Å². The smallest absolute Gasteiger partial charge is 1.00 e. The second-order valence-corrected chi connectivity index (χ2v) is 0. The van der Waals surface area contributed by atoms with Gasteiger partial charge in [-0.3, -0.25) is 0 Å². The number of hydrogen-bond donors (Lipinski definition) is 0. The second kappa shape index (κ2) is 17.3. The third-order valence-corrected chi connectivity index (χ3v) is 0. The molecule has 0 nitrogen and oxygen atoms in total. The van der Waals surface area contributed by atoms with Crippen molar-refractivity contribution in [2.75, 3.05) is 0 Å². The molecule has 0 aliphatic heterocycles. The summed E-state index contributed by atoms with van der Waals surface area (Å²) in [4.78, 5) is 0. The maximum absolute atomic E-state index is 0. The van der Waals surface area contributed by atoms with E-state index in [-0.39, 0.29) is 87.5 Å². The molecule has 0 aromatic rings. The molecule has 0 spiro atoms. The van der Waals surface area contributed by atoms with E-state index in [0.717, 1.165) is 0 Å². The zero-order valence-corrected chi connectivity index (χ0v) is 8.84. The Morgan fingerprint density at radius 3 is 1.00 bits per heavy atom. The van der Waals surface area contributed by atoms with E-state index in [0.29, 0.717) is 0 Å². The van der Waals surface area contributed by atoms with Gasteiger partial charge < -0.3 is 14.9 Å². The Balaban J connectivity index is 0. The number of thiol groups is 1. The Hall–Kier alpha value is 2.70. The van der Waals surface area contributed by atoms with Crippen LogP contribution in [-0.4, -0.2) is 0 Å². The largest absolute Gasteiger partial charge is 1.00 e. The minimum atomic E-state index is 0. The van der Waals surface area contributed by atoms with Gasteiger partial charge in [0.05, 0.1) is 0 Å². The first-order chi connectivity index (χ1) is 0. The summed E-state index contributed by atoms with van der Waals surface area (Å²) < 4.78 is 0. The normalized spacial score (nSPS) is 0. The maximum Gasteiger partial charge on any atom is 1.00 e. The molecule has 0 rings (SSSR count). The summed E-state index contributed by atoms with van der Waals surface area (Å²) in [7, 11) is 0. The molecule has 0 heterocycles. The SMILES string of the molecule is S.[H-].[Na+].[Na+].[SH-]. The van der Waals surface area contributed by atoms with E-state index < -0.39 is 0 Å². The van der Waals surface area contributed by atoms with E-state index in [1.165, 1.54) is 0 Å². The average Bonchev–Trinajstić information content (AvgIpc) is 0. The van der Waals surface area contributed by atoms with E-state index in [9.17, 15) is 0 Å². The first-order valence-corrected chi connectivity index (χ1v) is 0. The summed E-state index contributed by atoms with van der Waals surface area (Å²) in [5.41, 5.74) is 0. The zero-order valence-electron chi connectivity index (χ0n) is 3.95. The van der Waals surface area contributed by atoms with Crippen LogP contribution in [0, 0.1) is 0 Å². The molecule has 4 heteroatoms. The van der Waals surface area contributed by atoms with Crippen LogP contribution in [0.4, 0.5) is 0 Å². The molecule has 0 amide bonds. The molecule has 0 radical (unpaired) electrons. The van der Waals surface area contributed by atoms with Crippen LogP contribution in [0.5, 0.6) is 0 Å². The Morgan fingerprint density at radius 2 is 1.00 bits per heavy atom. The molecule has 18 valence electrons. The fourth-order valence-corrected chi connectivity index (χ4v) is 0. The van der Waals surface area contributed by atoms with Gasteiger partial charge in [-0.2, -0.15) is 13.5 Å². The molecular weight excluding hydrogens is 110 g/mol. The van der Waals surface area contributed by atoms with Gasteiger partial charge in [-0.25, -0.2) is 0 Å². The van der Waals surface area contributed by atoms with Gasteiger partial charge in [0.15, 0.2) is 0 Å². The van der Waals surface area contributed by atoms with Crippen LogP contribution in [0.1, 0.15) is 1.43 Å². The molecule has 0 saturated heterocycles. The van der Waals surface area contributed by atoms with E-state index in [1.807, 2.05) is 0 Å². The van der Waals surface area contributed by atoms with Crippen LogP contribution < -0.4 is 59.1 Å². The van der Waals surface area contributed by atoms with Crippen molar-refractivity contribution in [2.45, 2.75) is 0 Å². The average molecular weight is 114 g/mol. The quantitative estimate of drug-likeness (QED) is 0.172. The van der Waals surface area contributed by atoms with Crippen molar-refractivity contribution in [3.8, 4) is 0 Å². The van der Waals surface area contributed by atoms with Crippen molar-refractivity contribution >= 4 is 27.0 Å². The molecule has 0 atom stereocenters. The van der Waals surface area contributed by atoms with Crippen molar-refractivity contribution in [1.29, 1.82) is 0 Å². The predicted molar refractivity (Wildman–Crippen MR) is 20.3 cm³/mol. The first kappa shape index (κ1) is 29.9. The van der Waals surface area contributed by atoms with Crippen LogP contribution in [0.3, 0.4) is 0 Å². The topological polar surface area (TPSA) is 0 Å². The monoisotopic (exact) mass is 114 g/mol. The number of hydrogen-bond acceptors (Lipinski definition) is 1. The van der Waals surface area contributed by atoms with E-state index in [1.54, 1.807) is 0 Å². The minimum absolute atomic E-state index is 0. The summed E-state index contributed by atoms with van der Waals surface area (Å²) in [5, 5.41) is 0. The van der Waals surface area contributed by atoms with Gasteiger partial charge in [0.1, 0.15) is 0 Å². The van der Waals surface area contributed by atoms with Crippen LogP contribution in [0.2, 0.25) is 0 Å². The Kier molecular flexibility index (Phi) is 129. The molecule has 0 aromatic heterocycles. The number of rotatable bonds is 0. The van der Waals surface area contributed by atoms with Gasteiger partial charge in [-0.05, 0) is 0 Å². The molecule has 0 aliphatic carbocycles. The molecule has 0 N–H and O–H groups in total. The van der Waals surface area contributed by atoms with Gasteiger partial charge in [0.2, 0.25) is 0 Å². The maximum atomic E-state index is 0. The minimum Gasteiger partial charge on any atom is -1.00 e. The third-order valence-electron chi connectivity index (χ3n) is 0. The van der Waals surface area contributed by atoms with Gasteiger partial charge in [-0.15, -0.1) is 0 Å². The summed E-state index contributed by atoms with van der Waals surface area (Å²) in [5.74, 6) is 0. The van der Waals surface area contributed by atoms with Gasteiger partial charge >= 0.3 is 59.1 Å². The summed E-state index contributed by atoms with van der Waals surface area (Å²) in [6.07, 6.45) is 0. The third kappa shape index (κ3) is 8.83. The Labute approximate surface area is 86.1 Å². The summed E-state index contributed by atoms with van der Waals surface area (Å²) in [6, 6.07) is 0. The Morgan fingerprint density at radius 1 is 1.00 bits per heavy atom. The van der Waals surface area contributed by atoms with Crippen molar-refractivity contribution < 1.29 is 60.5 Å². The van der Waals surface area contributed by atoms with E-state index in [4.69, 9.17) is 0 Å². The fourth-order valence-electron chi connectivity index (χ4n) is 0. The van der Waals surface area contributed by atoms with Crippen molar-refractivity contribution in [3.05, 3.63) is 0 Å². The zero-order chi connectivity index (χ0) is 0. The van der Waals surface area contributed by atoms with E-state index in [2.05, 4.69) is 0 Å². The molecule has 0 unspecified atom stereocenters. The molecule has 0 bridgehead atoms. The van der Waals surface area contributed by atoms with Gasteiger partial charge in [0, 0.05) is 0 Å². The first-order valence-electron chi connectivity index (χ1n) is 0. The van der Waals surface area contributed by atoms with E-state index >= 15 is 0 Å². The fraction of sp³-hybridized carbons (Fsp3) is 0. The predicted octanol–water partition coefficient (Wildman–Crippen LogP) is -6.04. The molecule has 0 aliphatic rings. The molecule has 0 fully saturated rings. The Bertz CT molecular complexity index is 7.61. The van der Waals surface area contributed by atoms with Crippen molar-refractivity contribution in [1.82, 2.24) is 0 Å². The van der Waals surface area contributed by atoms with Crippen LogP contribution in [0.15, 0.2) is 0 Å². The second-order valence-electron chi connectivity index (χ2n) is 0. The van der Waals surface area contributed by atoms with Crippen molar-refractivity contribution in [2.24, 2.45) is 0 Å². The van der Waals surface area contributed by atoms with Crippen molar-refractivity contribution in [3.63, 3.8) is 0 Å².